The second-order valence-electron chi connectivity index (χ2n) is 6.20. The van der Waals surface area contributed by atoms with E-state index in [1.807, 2.05) is 0 Å². The molecule has 112 valence electrons. The maximum absolute atomic E-state index is 14.7. The molecule has 2 heterocycles. The number of hydrogen-bond donors (Lipinski definition) is 1. The number of aromatic nitrogens is 1. The molecule has 1 aliphatic heterocycles. The maximum Gasteiger partial charge on any atom is 0.170 e. The average molecular weight is 279 g/mol. The Balaban J connectivity index is 2.21. The standard InChI is InChI=1S/C16H26FN3/c1-11(2)19-10-14-7-8-18-16(15(14)17)20-9-5-6-12(3)13(20)4/h7-8,11-13,19H,5-6,9-10H2,1-4H3. The van der Waals surface area contributed by atoms with E-state index in [1.54, 1.807) is 12.3 Å². The predicted octanol–water partition coefficient (Wildman–Crippen LogP) is 3.34. The fourth-order valence-corrected chi connectivity index (χ4v) is 2.76. The largest absolute Gasteiger partial charge is 0.351 e. The van der Waals surface area contributed by atoms with Gasteiger partial charge >= 0.3 is 0 Å². The number of anilines is 1. The van der Waals surface area contributed by atoms with Gasteiger partial charge in [0.05, 0.1) is 0 Å². The van der Waals surface area contributed by atoms with Crippen molar-refractivity contribution >= 4 is 5.82 Å². The minimum Gasteiger partial charge on any atom is -0.351 e. The van der Waals surface area contributed by atoms with Gasteiger partial charge in [0.15, 0.2) is 11.6 Å². The second kappa shape index (κ2) is 6.53. The molecule has 1 aromatic heterocycles. The third kappa shape index (κ3) is 3.29. The Morgan fingerprint density at radius 1 is 1.45 bits per heavy atom. The third-order valence-electron chi connectivity index (χ3n) is 4.30. The zero-order chi connectivity index (χ0) is 14.7. The summed E-state index contributed by atoms with van der Waals surface area (Å²) >= 11 is 0. The Labute approximate surface area is 121 Å². The molecule has 1 aliphatic rings. The summed E-state index contributed by atoms with van der Waals surface area (Å²) in [5.74, 6) is 0.941. The highest BCUT2D eigenvalue weighted by Crippen LogP contribution is 2.29. The lowest BCUT2D eigenvalue weighted by molar-refractivity contribution is 0.357. The van der Waals surface area contributed by atoms with Crippen molar-refractivity contribution in [3.05, 3.63) is 23.6 Å². The highest BCUT2D eigenvalue weighted by molar-refractivity contribution is 5.44. The lowest BCUT2D eigenvalue weighted by Gasteiger charge is -2.39. The number of pyridine rings is 1. The normalized spacial score (nSPS) is 23.4. The minimum atomic E-state index is -0.165. The van der Waals surface area contributed by atoms with Crippen molar-refractivity contribution in [1.82, 2.24) is 10.3 Å². The molecule has 0 saturated carbocycles. The number of hydrogen-bond acceptors (Lipinski definition) is 3. The SMILES string of the molecule is CC(C)NCc1ccnc(N2CCCC(C)C2C)c1F. The minimum absolute atomic E-state index is 0.165. The van der Waals surface area contributed by atoms with E-state index in [0.717, 1.165) is 13.0 Å². The Morgan fingerprint density at radius 2 is 2.20 bits per heavy atom. The number of halogens is 1. The molecule has 1 fully saturated rings. The van der Waals surface area contributed by atoms with Crippen LogP contribution in [0, 0.1) is 11.7 Å². The van der Waals surface area contributed by atoms with E-state index < -0.39 is 0 Å². The predicted molar refractivity (Wildman–Crippen MR) is 81.4 cm³/mol. The molecule has 1 saturated heterocycles. The van der Waals surface area contributed by atoms with Gasteiger partial charge in [0.2, 0.25) is 0 Å². The van der Waals surface area contributed by atoms with Crippen LogP contribution in [0.25, 0.3) is 0 Å². The highest BCUT2D eigenvalue weighted by Gasteiger charge is 2.28. The Kier molecular flexibility index (Phi) is 4.97. The van der Waals surface area contributed by atoms with Crippen LogP contribution < -0.4 is 10.2 Å². The van der Waals surface area contributed by atoms with E-state index in [9.17, 15) is 4.39 Å². The topological polar surface area (TPSA) is 28.2 Å². The molecule has 0 spiro atoms. The van der Waals surface area contributed by atoms with Gasteiger partial charge < -0.3 is 10.2 Å². The smallest absolute Gasteiger partial charge is 0.170 e. The van der Waals surface area contributed by atoms with E-state index in [0.29, 0.717) is 35.9 Å². The Bertz CT molecular complexity index is 447. The fourth-order valence-electron chi connectivity index (χ4n) is 2.76. The van der Waals surface area contributed by atoms with Crippen LogP contribution in [-0.4, -0.2) is 23.6 Å². The lowest BCUT2D eigenvalue weighted by atomic mass is 9.92. The van der Waals surface area contributed by atoms with Crippen LogP contribution in [-0.2, 0) is 6.54 Å². The molecule has 20 heavy (non-hydrogen) atoms. The number of piperidine rings is 1. The molecular formula is C16H26FN3. The van der Waals surface area contributed by atoms with Gasteiger partial charge in [-0.3, -0.25) is 0 Å². The van der Waals surface area contributed by atoms with Crippen molar-refractivity contribution in [2.75, 3.05) is 11.4 Å². The van der Waals surface area contributed by atoms with E-state index >= 15 is 0 Å². The highest BCUT2D eigenvalue weighted by atomic mass is 19.1. The molecule has 3 nitrogen and oxygen atoms in total. The third-order valence-corrected chi connectivity index (χ3v) is 4.30. The van der Waals surface area contributed by atoms with Crippen LogP contribution in [0.2, 0.25) is 0 Å². The molecule has 2 atom stereocenters. The summed E-state index contributed by atoms with van der Waals surface area (Å²) in [6.07, 6.45) is 4.05. The molecule has 0 radical (unpaired) electrons. The van der Waals surface area contributed by atoms with Crippen LogP contribution in [0.5, 0.6) is 0 Å². The molecule has 0 amide bonds. The van der Waals surface area contributed by atoms with Gasteiger partial charge in [-0.2, -0.15) is 0 Å². The van der Waals surface area contributed by atoms with Gasteiger partial charge in [-0.15, -0.1) is 0 Å². The quantitative estimate of drug-likeness (QED) is 0.916. The average Bonchev–Trinajstić information content (AvgIpc) is 2.41. The van der Waals surface area contributed by atoms with Crippen LogP contribution in [0.15, 0.2) is 12.3 Å². The van der Waals surface area contributed by atoms with Gasteiger partial charge in [-0.05, 0) is 31.7 Å². The molecule has 2 unspecified atom stereocenters. The number of nitrogens with zero attached hydrogens (tertiary/aromatic N) is 2. The van der Waals surface area contributed by atoms with Crippen molar-refractivity contribution < 1.29 is 4.39 Å². The summed E-state index contributed by atoms with van der Waals surface area (Å²) < 4.78 is 14.7. The van der Waals surface area contributed by atoms with Gasteiger partial charge in [-0.1, -0.05) is 20.8 Å². The van der Waals surface area contributed by atoms with Crippen LogP contribution >= 0.6 is 0 Å². The van der Waals surface area contributed by atoms with Crippen molar-refractivity contribution in [3.63, 3.8) is 0 Å². The zero-order valence-electron chi connectivity index (χ0n) is 13.0. The van der Waals surface area contributed by atoms with E-state index in [2.05, 4.69) is 42.9 Å². The van der Waals surface area contributed by atoms with Crippen molar-refractivity contribution in [2.24, 2.45) is 5.92 Å². The molecule has 0 bridgehead atoms. The monoisotopic (exact) mass is 279 g/mol. The summed E-state index contributed by atoms with van der Waals surface area (Å²) in [5, 5.41) is 3.27. The molecule has 1 N–H and O–H groups in total. The lowest BCUT2D eigenvalue weighted by Crippen LogP contribution is -2.43. The van der Waals surface area contributed by atoms with Crippen LogP contribution in [0.4, 0.5) is 10.2 Å². The summed E-state index contributed by atoms with van der Waals surface area (Å²) in [6, 6.07) is 2.46. The first-order valence-electron chi connectivity index (χ1n) is 7.64. The van der Waals surface area contributed by atoms with E-state index in [4.69, 9.17) is 0 Å². The summed E-state index contributed by atoms with van der Waals surface area (Å²) in [5.41, 5.74) is 0.703. The fraction of sp³-hybridized carbons (Fsp3) is 0.688. The van der Waals surface area contributed by atoms with E-state index in [1.165, 1.54) is 6.42 Å². The summed E-state index contributed by atoms with van der Waals surface area (Å²) in [6.45, 7) is 9.99. The van der Waals surface area contributed by atoms with Gasteiger partial charge in [0.1, 0.15) is 0 Å². The van der Waals surface area contributed by atoms with Crippen molar-refractivity contribution in [3.8, 4) is 0 Å². The summed E-state index contributed by atoms with van der Waals surface area (Å²) in [4.78, 5) is 6.43. The van der Waals surface area contributed by atoms with Crippen molar-refractivity contribution in [1.29, 1.82) is 0 Å². The molecule has 1 aromatic rings. The van der Waals surface area contributed by atoms with Crippen LogP contribution in [0.1, 0.15) is 46.1 Å². The molecule has 4 heteroatoms. The molecule has 0 aromatic carbocycles. The second-order valence-corrected chi connectivity index (χ2v) is 6.20. The molecule has 0 aliphatic carbocycles. The van der Waals surface area contributed by atoms with Crippen LogP contribution in [0.3, 0.4) is 0 Å². The Morgan fingerprint density at radius 3 is 2.90 bits per heavy atom. The first kappa shape index (κ1) is 15.2. The van der Waals surface area contributed by atoms with Crippen molar-refractivity contribution in [2.45, 2.75) is 59.2 Å². The molecule has 2 rings (SSSR count). The zero-order valence-corrected chi connectivity index (χ0v) is 13.0. The first-order chi connectivity index (χ1) is 9.50. The summed E-state index contributed by atoms with van der Waals surface area (Å²) in [7, 11) is 0. The van der Waals surface area contributed by atoms with Gasteiger partial charge in [0.25, 0.3) is 0 Å². The van der Waals surface area contributed by atoms with Gasteiger partial charge in [-0.25, -0.2) is 9.37 Å². The molecular weight excluding hydrogens is 253 g/mol. The maximum atomic E-state index is 14.7. The Hall–Kier alpha value is -1.16. The number of nitrogens with one attached hydrogen (secondary N) is 1. The first-order valence-corrected chi connectivity index (χ1v) is 7.64. The van der Waals surface area contributed by atoms with E-state index in [-0.39, 0.29) is 5.82 Å². The van der Waals surface area contributed by atoms with Gasteiger partial charge in [0, 0.05) is 36.9 Å². The number of rotatable bonds is 4.